The average molecular weight is 366 g/mol. The molecule has 0 bridgehead atoms. The lowest BCUT2D eigenvalue weighted by Gasteiger charge is -2.19. The summed E-state index contributed by atoms with van der Waals surface area (Å²) in [6.07, 6.45) is 6.13. The van der Waals surface area contributed by atoms with E-state index >= 15 is 0 Å². The zero-order valence-electron chi connectivity index (χ0n) is 15.4. The SMILES string of the molecule is CC(C)n1cnc2cnc(Nc3ccnc(N4CCCNC(=O)C4)n3)cc21. The first kappa shape index (κ1) is 17.2. The van der Waals surface area contributed by atoms with Gasteiger partial charge in [0.1, 0.15) is 17.2 Å². The topological polar surface area (TPSA) is 101 Å². The Bertz CT molecular complexity index is 967. The van der Waals surface area contributed by atoms with Gasteiger partial charge in [0.05, 0.1) is 24.6 Å². The van der Waals surface area contributed by atoms with Crippen molar-refractivity contribution in [3.05, 3.63) is 30.9 Å². The van der Waals surface area contributed by atoms with E-state index in [1.807, 2.05) is 17.3 Å². The maximum Gasteiger partial charge on any atom is 0.239 e. The highest BCUT2D eigenvalue weighted by Crippen LogP contribution is 2.22. The van der Waals surface area contributed by atoms with Gasteiger partial charge in [-0.3, -0.25) is 4.79 Å². The molecule has 9 nitrogen and oxygen atoms in total. The lowest BCUT2D eigenvalue weighted by molar-refractivity contribution is -0.119. The van der Waals surface area contributed by atoms with Crippen molar-refractivity contribution in [2.24, 2.45) is 0 Å². The zero-order chi connectivity index (χ0) is 18.8. The smallest absolute Gasteiger partial charge is 0.239 e. The van der Waals surface area contributed by atoms with Crippen molar-refractivity contribution in [2.45, 2.75) is 26.3 Å². The fraction of sp³-hybridized carbons (Fsp3) is 0.389. The van der Waals surface area contributed by atoms with Crippen molar-refractivity contribution in [3.8, 4) is 0 Å². The van der Waals surface area contributed by atoms with Gasteiger partial charge in [0.15, 0.2) is 0 Å². The van der Waals surface area contributed by atoms with Gasteiger partial charge in [-0.05, 0) is 26.3 Å². The summed E-state index contributed by atoms with van der Waals surface area (Å²) >= 11 is 0. The Kier molecular flexibility index (Phi) is 4.57. The van der Waals surface area contributed by atoms with Crippen LogP contribution < -0.4 is 15.5 Å². The Hall–Kier alpha value is -3.23. The van der Waals surface area contributed by atoms with Crippen LogP contribution in [0.2, 0.25) is 0 Å². The summed E-state index contributed by atoms with van der Waals surface area (Å²) in [5.74, 6) is 1.84. The van der Waals surface area contributed by atoms with Gasteiger partial charge >= 0.3 is 0 Å². The number of imidazole rings is 1. The maximum absolute atomic E-state index is 11.8. The highest BCUT2D eigenvalue weighted by Gasteiger charge is 2.17. The van der Waals surface area contributed by atoms with Crippen LogP contribution in [0.25, 0.3) is 11.0 Å². The summed E-state index contributed by atoms with van der Waals surface area (Å²) in [6, 6.07) is 4.06. The van der Waals surface area contributed by atoms with E-state index in [-0.39, 0.29) is 12.5 Å². The van der Waals surface area contributed by atoms with E-state index in [0.29, 0.717) is 30.2 Å². The van der Waals surface area contributed by atoms with Crippen LogP contribution in [-0.2, 0) is 4.79 Å². The second-order valence-corrected chi connectivity index (χ2v) is 6.80. The van der Waals surface area contributed by atoms with Gasteiger partial charge in [0.25, 0.3) is 0 Å². The molecule has 1 saturated heterocycles. The standard InChI is InChI=1S/C18H22N8O/c1-12(2)26-11-22-13-9-21-16(8-14(13)26)23-15-4-6-20-18(24-15)25-7-3-5-19-17(27)10-25/h4,6,8-9,11-12H,3,5,7,10H2,1-2H3,(H,19,27)(H,20,21,23,24). The molecular weight excluding hydrogens is 344 g/mol. The van der Waals surface area contributed by atoms with Crippen molar-refractivity contribution >= 4 is 34.5 Å². The minimum atomic E-state index is -0.0106. The van der Waals surface area contributed by atoms with E-state index in [1.165, 1.54) is 0 Å². The molecule has 3 aromatic heterocycles. The van der Waals surface area contributed by atoms with Gasteiger partial charge in [0, 0.05) is 31.4 Å². The maximum atomic E-state index is 11.8. The molecule has 4 heterocycles. The third-order valence-corrected chi connectivity index (χ3v) is 4.46. The first-order chi connectivity index (χ1) is 13.1. The molecule has 0 unspecified atom stereocenters. The number of amides is 1. The summed E-state index contributed by atoms with van der Waals surface area (Å²) < 4.78 is 2.10. The van der Waals surface area contributed by atoms with Crippen LogP contribution in [0.1, 0.15) is 26.3 Å². The van der Waals surface area contributed by atoms with Gasteiger partial charge < -0.3 is 20.1 Å². The Morgan fingerprint density at radius 3 is 2.96 bits per heavy atom. The number of rotatable bonds is 4. The quantitative estimate of drug-likeness (QED) is 0.727. The van der Waals surface area contributed by atoms with Crippen LogP contribution in [0, 0.1) is 0 Å². The molecule has 1 aliphatic heterocycles. The molecule has 0 aromatic carbocycles. The average Bonchev–Trinajstić information content (AvgIpc) is 2.95. The van der Waals surface area contributed by atoms with E-state index < -0.39 is 0 Å². The molecule has 1 fully saturated rings. The number of nitrogens with one attached hydrogen (secondary N) is 2. The van der Waals surface area contributed by atoms with Crippen molar-refractivity contribution in [3.63, 3.8) is 0 Å². The molecular formula is C18H22N8O. The molecule has 0 aliphatic carbocycles. The van der Waals surface area contributed by atoms with Gasteiger partial charge in [0.2, 0.25) is 11.9 Å². The number of fused-ring (bicyclic) bond motifs is 1. The molecule has 0 atom stereocenters. The molecule has 0 spiro atoms. The number of anilines is 3. The monoisotopic (exact) mass is 366 g/mol. The minimum absolute atomic E-state index is 0.0106. The molecule has 0 saturated carbocycles. The number of carbonyl (C=O) groups is 1. The summed E-state index contributed by atoms with van der Waals surface area (Å²) in [5.41, 5.74) is 1.87. The van der Waals surface area contributed by atoms with Crippen LogP contribution in [0.4, 0.5) is 17.6 Å². The molecule has 2 N–H and O–H groups in total. The molecule has 1 aliphatic rings. The van der Waals surface area contributed by atoms with Crippen molar-refractivity contribution in [1.82, 2.24) is 29.8 Å². The Morgan fingerprint density at radius 1 is 1.22 bits per heavy atom. The van der Waals surface area contributed by atoms with Crippen molar-refractivity contribution in [1.29, 1.82) is 0 Å². The first-order valence-electron chi connectivity index (χ1n) is 9.04. The highest BCUT2D eigenvalue weighted by molar-refractivity contribution is 5.81. The second kappa shape index (κ2) is 7.18. The summed E-state index contributed by atoms with van der Waals surface area (Å²) in [7, 11) is 0. The van der Waals surface area contributed by atoms with Crippen LogP contribution in [0.15, 0.2) is 30.9 Å². The number of nitrogens with zero attached hydrogens (tertiary/aromatic N) is 6. The second-order valence-electron chi connectivity index (χ2n) is 6.80. The number of aromatic nitrogens is 5. The predicted molar refractivity (Wildman–Crippen MR) is 103 cm³/mol. The van der Waals surface area contributed by atoms with E-state index in [9.17, 15) is 4.79 Å². The molecule has 1 amide bonds. The summed E-state index contributed by atoms with van der Waals surface area (Å²) in [6.45, 7) is 5.91. The van der Waals surface area contributed by atoms with E-state index in [4.69, 9.17) is 0 Å². The van der Waals surface area contributed by atoms with Crippen LogP contribution in [0.5, 0.6) is 0 Å². The number of carbonyl (C=O) groups excluding carboxylic acids is 1. The Morgan fingerprint density at radius 2 is 2.11 bits per heavy atom. The Labute approximate surface area is 156 Å². The van der Waals surface area contributed by atoms with E-state index in [1.54, 1.807) is 18.5 Å². The predicted octanol–water partition coefficient (Wildman–Crippen LogP) is 1.87. The Balaban J connectivity index is 1.58. The molecule has 0 radical (unpaired) electrons. The number of hydrogen-bond acceptors (Lipinski definition) is 7. The zero-order valence-corrected chi connectivity index (χ0v) is 15.4. The summed E-state index contributed by atoms with van der Waals surface area (Å²) in [4.78, 5) is 31.3. The fourth-order valence-corrected chi connectivity index (χ4v) is 3.09. The van der Waals surface area contributed by atoms with Crippen LogP contribution in [-0.4, -0.2) is 50.0 Å². The molecule has 140 valence electrons. The molecule has 27 heavy (non-hydrogen) atoms. The van der Waals surface area contributed by atoms with Gasteiger partial charge in [-0.25, -0.2) is 15.0 Å². The minimum Gasteiger partial charge on any atom is -0.354 e. The normalized spacial score (nSPS) is 15.1. The van der Waals surface area contributed by atoms with E-state index in [2.05, 4.69) is 49.0 Å². The fourth-order valence-electron chi connectivity index (χ4n) is 3.09. The third-order valence-electron chi connectivity index (χ3n) is 4.46. The van der Waals surface area contributed by atoms with Crippen LogP contribution >= 0.6 is 0 Å². The molecule has 3 aromatic rings. The highest BCUT2D eigenvalue weighted by atomic mass is 16.2. The molecule has 4 rings (SSSR count). The van der Waals surface area contributed by atoms with Gasteiger partial charge in [-0.15, -0.1) is 0 Å². The third kappa shape index (κ3) is 3.67. The largest absolute Gasteiger partial charge is 0.354 e. The molecule has 9 heteroatoms. The van der Waals surface area contributed by atoms with Crippen LogP contribution in [0.3, 0.4) is 0 Å². The van der Waals surface area contributed by atoms with Crippen molar-refractivity contribution in [2.75, 3.05) is 29.9 Å². The lowest BCUT2D eigenvalue weighted by atomic mass is 10.3. The number of hydrogen-bond donors (Lipinski definition) is 2. The first-order valence-corrected chi connectivity index (χ1v) is 9.04. The van der Waals surface area contributed by atoms with E-state index in [0.717, 1.165) is 24.0 Å². The summed E-state index contributed by atoms with van der Waals surface area (Å²) in [5, 5.41) is 6.09. The van der Waals surface area contributed by atoms with Crippen molar-refractivity contribution < 1.29 is 4.79 Å². The lowest BCUT2D eigenvalue weighted by Crippen LogP contribution is -2.34. The van der Waals surface area contributed by atoms with Gasteiger partial charge in [-0.1, -0.05) is 0 Å². The number of pyridine rings is 1. The van der Waals surface area contributed by atoms with Gasteiger partial charge in [-0.2, -0.15) is 4.98 Å².